The highest BCUT2D eigenvalue weighted by atomic mass is 32.1. The van der Waals surface area contributed by atoms with Crippen molar-refractivity contribution >= 4 is 17.3 Å². The van der Waals surface area contributed by atoms with Gasteiger partial charge in [0.05, 0.1) is 6.42 Å². The van der Waals surface area contributed by atoms with Gasteiger partial charge in [0.2, 0.25) is 0 Å². The molecule has 2 rings (SSSR count). The van der Waals surface area contributed by atoms with Crippen LogP contribution in [-0.4, -0.2) is 17.6 Å². The van der Waals surface area contributed by atoms with Gasteiger partial charge in [0.1, 0.15) is 0 Å². The zero-order valence-electron chi connectivity index (χ0n) is 11.5. The maximum atomic E-state index is 10.6. The Morgan fingerprint density at radius 1 is 1.20 bits per heavy atom. The molecular weight excluding hydrogens is 270 g/mol. The normalized spacial score (nSPS) is 12.2. The molecule has 0 aliphatic heterocycles. The largest absolute Gasteiger partial charge is 0.481 e. The number of aliphatic carboxylic acids is 1. The molecular formula is C16H19NO2S. The third kappa shape index (κ3) is 4.47. The van der Waals surface area contributed by atoms with E-state index in [2.05, 4.69) is 36.5 Å². The van der Waals surface area contributed by atoms with Crippen molar-refractivity contribution in [3.63, 3.8) is 0 Å². The van der Waals surface area contributed by atoms with Gasteiger partial charge in [0.15, 0.2) is 0 Å². The summed E-state index contributed by atoms with van der Waals surface area (Å²) in [7, 11) is 0. The lowest BCUT2D eigenvalue weighted by molar-refractivity contribution is -0.136. The molecule has 1 unspecified atom stereocenters. The standard InChI is InChI=1S/C16H19NO2S/c1-12(13-5-3-2-4-6-13)10-17-11-15-8-7-14(20-15)9-16(18)19/h2-8,12,17H,9-11H2,1H3,(H,18,19). The summed E-state index contributed by atoms with van der Waals surface area (Å²) in [6.07, 6.45) is 0.116. The lowest BCUT2D eigenvalue weighted by Gasteiger charge is -2.12. The molecule has 2 N–H and O–H groups in total. The minimum Gasteiger partial charge on any atom is -0.481 e. The number of hydrogen-bond acceptors (Lipinski definition) is 3. The molecule has 20 heavy (non-hydrogen) atoms. The molecule has 1 aromatic carbocycles. The van der Waals surface area contributed by atoms with Gasteiger partial charge in [-0.25, -0.2) is 0 Å². The zero-order valence-corrected chi connectivity index (χ0v) is 12.3. The number of carbonyl (C=O) groups is 1. The highest BCUT2D eigenvalue weighted by Crippen LogP contribution is 2.18. The third-order valence-electron chi connectivity index (χ3n) is 3.16. The molecule has 1 aromatic heterocycles. The summed E-state index contributed by atoms with van der Waals surface area (Å²) in [6.45, 7) is 3.91. The predicted molar refractivity (Wildman–Crippen MR) is 82.2 cm³/mol. The molecule has 3 nitrogen and oxygen atoms in total. The molecule has 0 spiro atoms. The van der Waals surface area contributed by atoms with Gasteiger partial charge in [-0.3, -0.25) is 4.79 Å². The highest BCUT2D eigenvalue weighted by Gasteiger charge is 2.06. The first-order chi connectivity index (χ1) is 9.65. The molecule has 4 heteroatoms. The maximum Gasteiger partial charge on any atom is 0.308 e. The number of carboxylic acid groups (broad SMARTS) is 1. The molecule has 2 aromatic rings. The zero-order chi connectivity index (χ0) is 14.4. The van der Waals surface area contributed by atoms with Crippen molar-refractivity contribution < 1.29 is 9.90 Å². The summed E-state index contributed by atoms with van der Waals surface area (Å²) >= 11 is 1.57. The minimum absolute atomic E-state index is 0.116. The van der Waals surface area contributed by atoms with Crippen LogP contribution in [0.1, 0.15) is 28.2 Å². The summed E-state index contributed by atoms with van der Waals surface area (Å²) in [5, 5.41) is 12.2. The van der Waals surface area contributed by atoms with Gasteiger partial charge in [-0.1, -0.05) is 37.3 Å². The molecule has 0 bridgehead atoms. The van der Waals surface area contributed by atoms with Crippen LogP contribution in [0.3, 0.4) is 0 Å². The lowest BCUT2D eigenvalue weighted by Crippen LogP contribution is -2.19. The first-order valence-electron chi connectivity index (χ1n) is 6.70. The Balaban J connectivity index is 1.78. The Morgan fingerprint density at radius 3 is 2.60 bits per heavy atom. The van der Waals surface area contributed by atoms with E-state index < -0.39 is 5.97 Å². The maximum absolute atomic E-state index is 10.6. The van der Waals surface area contributed by atoms with Crippen molar-refractivity contribution in [3.8, 4) is 0 Å². The van der Waals surface area contributed by atoms with Crippen molar-refractivity contribution in [1.29, 1.82) is 0 Å². The Morgan fingerprint density at radius 2 is 1.90 bits per heavy atom. The van der Waals surface area contributed by atoms with Crippen LogP contribution in [-0.2, 0) is 17.8 Å². The molecule has 0 amide bonds. The fourth-order valence-corrected chi connectivity index (χ4v) is 3.05. The van der Waals surface area contributed by atoms with Crippen LogP contribution in [0.4, 0.5) is 0 Å². The van der Waals surface area contributed by atoms with Crippen molar-refractivity contribution in [3.05, 3.63) is 57.8 Å². The van der Waals surface area contributed by atoms with Gasteiger partial charge in [0, 0.05) is 22.8 Å². The number of benzene rings is 1. The predicted octanol–water partition coefficient (Wildman–Crippen LogP) is 3.27. The van der Waals surface area contributed by atoms with E-state index in [1.54, 1.807) is 11.3 Å². The van der Waals surface area contributed by atoms with Crippen LogP contribution in [0.15, 0.2) is 42.5 Å². The van der Waals surface area contributed by atoms with E-state index >= 15 is 0 Å². The summed E-state index contributed by atoms with van der Waals surface area (Å²) in [5.74, 6) is -0.307. The van der Waals surface area contributed by atoms with Gasteiger partial charge < -0.3 is 10.4 Å². The topological polar surface area (TPSA) is 49.3 Å². The summed E-state index contributed by atoms with van der Waals surface area (Å²) in [5.41, 5.74) is 1.33. The van der Waals surface area contributed by atoms with Crippen LogP contribution in [0, 0.1) is 0 Å². The molecule has 0 aliphatic carbocycles. The van der Waals surface area contributed by atoms with Crippen molar-refractivity contribution in [2.45, 2.75) is 25.8 Å². The van der Waals surface area contributed by atoms with E-state index in [9.17, 15) is 4.79 Å². The van der Waals surface area contributed by atoms with E-state index in [1.807, 2.05) is 18.2 Å². The molecule has 0 aliphatic rings. The van der Waals surface area contributed by atoms with Crippen LogP contribution < -0.4 is 5.32 Å². The second-order valence-electron chi connectivity index (χ2n) is 4.88. The molecule has 1 atom stereocenters. The number of thiophene rings is 1. The highest BCUT2D eigenvalue weighted by molar-refractivity contribution is 7.12. The van der Waals surface area contributed by atoms with E-state index in [0.717, 1.165) is 18.0 Å². The summed E-state index contributed by atoms with van der Waals surface area (Å²) in [4.78, 5) is 12.7. The Bertz CT molecular complexity index is 551. The van der Waals surface area contributed by atoms with Crippen molar-refractivity contribution in [2.75, 3.05) is 6.54 Å². The molecule has 0 saturated heterocycles. The van der Waals surface area contributed by atoms with Gasteiger partial charge in [-0.05, 0) is 23.6 Å². The smallest absolute Gasteiger partial charge is 0.308 e. The fourth-order valence-electron chi connectivity index (χ4n) is 2.07. The lowest BCUT2D eigenvalue weighted by atomic mass is 10.0. The quantitative estimate of drug-likeness (QED) is 0.822. The van der Waals surface area contributed by atoms with Crippen molar-refractivity contribution in [1.82, 2.24) is 5.32 Å². The van der Waals surface area contributed by atoms with E-state index in [1.165, 1.54) is 10.4 Å². The molecule has 0 radical (unpaired) electrons. The summed E-state index contributed by atoms with van der Waals surface area (Å²) < 4.78 is 0. The average Bonchev–Trinajstić information content (AvgIpc) is 2.86. The molecule has 0 fully saturated rings. The van der Waals surface area contributed by atoms with Gasteiger partial charge >= 0.3 is 5.97 Å². The minimum atomic E-state index is -0.774. The van der Waals surface area contributed by atoms with Crippen LogP contribution in [0.5, 0.6) is 0 Å². The number of rotatable bonds is 7. The monoisotopic (exact) mass is 289 g/mol. The Kier molecular flexibility index (Phi) is 5.32. The SMILES string of the molecule is CC(CNCc1ccc(CC(=O)O)s1)c1ccccc1. The molecule has 0 saturated carbocycles. The van der Waals surface area contributed by atoms with Crippen LogP contribution in [0.25, 0.3) is 0 Å². The van der Waals surface area contributed by atoms with E-state index in [4.69, 9.17) is 5.11 Å². The van der Waals surface area contributed by atoms with Gasteiger partial charge in [-0.2, -0.15) is 0 Å². The van der Waals surface area contributed by atoms with E-state index in [0.29, 0.717) is 5.92 Å². The second kappa shape index (κ2) is 7.22. The average molecular weight is 289 g/mol. The van der Waals surface area contributed by atoms with Crippen LogP contribution in [0.2, 0.25) is 0 Å². The molecule has 106 valence electrons. The van der Waals surface area contributed by atoms with Gasteiger partial charge in [-0.15, -0.1) is 11.3 Å². The number of hydrogen-bond donors (Lipinski definition) is 2. The number of carboxylic acids is 1. The van der Waals surface area contributed by atoms with E-state index in [-0.39, 0.29) is 6.42 Å². The number of nitrogens with one attached hydrogen (secondary N) is 1. The Hall–Kier alpha value is -1.65. The first kappa shape index (κ1) is 14.8. The van der Waals surface area contributed by atoms with Crippen LogP contribution >= 0.6 is 11.3 Å². The van der Waals surface area contributed by atoms with Gasteiger partial charge in [0.25, 0.3) is 0 Å². The second-order valence-corrected chi connectivity index (χ2v) is 6.13. The first-order valence-corrected chi connectivity index (χ1v) is 7.52. The third-order valence-corrected chi connectivity index (χ3v) is 4.25. The summed E-state index contributed by atoms with van der Waals surface area (Å²) in [6, 6.07) is 14.3. The van der Waals surface area contributed by atoms with Crippen molar-refractivity contribution in [2.24, 2.45) is 0 Å². The fraction of sp³-hybridized carbons (Fsp3) is 0.312. The Labute approximate surface area is 123 Å². The molecule has 1 heterocycles.